The van der Waals surface area contributed by atoms with Crippen LogP contribution in [0.2, 0.25) is 0 Å². The molecule has 0 amide bonds. The summed E-state index contributed by atoms with van der Waals surface area (Å²) < 4.78 is 26.7. The summed E-state index contributed by atoms with van der Waals surface area (Å²) in [6, 6.07) is 4.87. The molecular weight excluding hydrogens is 262 g/mol. The zero-order valence-electron chi connectivity index (χ0n) is 10.9. The molecule has 1 atom stereocenters. The van der Waals surface area contributed by atoms with Gasteiger partial charge in [-0.25, -0.2) is 13.4 Å². The number of sulfonamides is 1. The molecule has 1 unspecified atom stereocenters. The van der Waals surface area contributed by atoms with Crippen molar-refractivity contribution in [2.45, 2.75) is 43.5 Å². The van der Waals surface area contributed by atoms with Gasteiger partial charge in [-0.1, -0.05) is 13.3 Å². The van der Waals surface area contributed by atoms with Crippen molar-refractivity contribution in [3.8, 4) is 6.07 Å². The molecule has 1 aliphatic rings. The third kappa shape index (κ3) is 2.77. The van der Waals surface area contributed by atoms with Crippen molar-refractivity contribution in [3.05, 3.63) is 24.0 Å². The number of hydrogen-bond acceptors (Lipinski definition) is 4. The average molecular weight is 279 g/mol. The summed E-state index contributed by atoms with van der Waals surface area (Å²) in [6.07, 6.45) is 4.99. The second kappa shape index (κ2) is 5.68. The fourth-order valence-electron chi connectivity index (χ4n) is 2.43. The van der Waals surface area contributed by atoms with Gasteiger partial charge in [-0.15, -0.1) is 0 Å². The third-order valence-corrected chi connectivity index (χ3v) is 5.44. The molecule has 6 heteroatoms. The first-order valence-electron chi connectivity index (χ1n) is 6.47. The number of piperidine rings is 1. The van der Waals surface area contributed by atoms with Gasteiger partial charge in [-0.2, -0.15) is 9.57 Å². The van der Waals surface area contributed by atoms with E-state index in [9.17, 15) is 8.42 Å². The normalized spacial score (nSPS) is 20.9. The summed E-state index contributed by atoms with van der Waals surface area (Å²) in [5, 5.41) is 8.69. The standard InChI is InChI=1S/C13H17N3O2S/c1-2-12-5-3-4-8-16(12)19(17,18)13-7-6-11(9-14)15-10-13/h6-7,10,12H,2-5,8H2,1H3. The Bertz CT molecular complexity index is 575. The maximum atomic E-state index is 12.6. The number of nitriles is 1. The van der Waals surface area contributed by atoms with Crippen LogP contribution in [-0.4, -0.2) is 30.3 Å². The van der Waals surface area contributed by atoms with E-state index < -0.39 is 10.0 Å². The monoisotopic (exact) mass is 279 g/mol. The zero-order valence-corrected chi connectivity index (χ0v) is 11.7. The lowest BCUT2D eigenvalue weighted by Gasteiger charge is -2.33. The van der Waals surface area contributed by atoms with Crippen molar-refractivity contribution in [1.29, 1.82) is 5.26 Å². The summed E-state index contributed by atoms with van der Waals surface area (Å²) in [5.41, 5.74) is 0.227. The first kappa shape index (κ1) is 14.0. The van der Waals surface area contributed by atoms with Crippen molar-refractivity contribution in [1.82, 2.24) is 9.29 Å². The average Bonchev–Trinajstić information content (AvgIpc) is 2.47. The van der Waals surface area contributed by atoms with Crippen LogP contribution in [0.1, 0.15) is 38.3 Å². The summed E-state index contributed by atoms with van der Waals surface area (Å²) in [5.74, 6) is 0. The van der Waals surface area contributed by atoms with E-state index in [1.807, 2.05) is 13.0 Å². The van der Waals surface area contributed by atoms with Gasteiger partial charge in [-0.3, -0.25) is 0 Å². The van der Waals surface area contributed by atoms with E-state index >= 15 is 0 Å². The van der Waals surface area contributed by atoms with Crippen molar-refractivity contribution in [3.63, 3.8) is 0 Å². The summed E-state index contributed by atoms with van der Waals surface area (Å²) in [4.78, 5) is 4.02. The minimum absolute atomic E-state index is 0.0781. The van der Waals surface area contributed by atoms with Crippen molar-refractivity contribution in [2.24, 2.45) is 0 Å². The van der Waals surface area contributed by atoms with Gasteiger partial charge in [0.05, 0.1) is 0 Å². The molecule has 1 aliphatic heterocycles. The largest absolute Gasteiger partial charge is 0.244 e. The Labute approximate surface area is 113 Å². The molecule has 0 N–H and O–H groups in total. The van der Waals surface area contributed by atoms with Crippen LogP contribution in [0.15, 0.2) is 23.2 Å². The van der Waals surface area contributed by atoms with Crippen LogP contribution in [0.3, 0.4) is 0 Å². The van der Waals surface area contributed by atoms with E-state index in [0.717, 1.165) is 25.7 Å². The van der Waals surface area contributed by atoms with Crippen molar-refractivity contribution >= 4 is 10.0 Å². The molecule has 1 aromatic rings. The molecule has 0 radical (unpaired) electrons. The highest BCUT2D eigenvalue weighted by Gasteiger charge is 2.32. The maximum Gasteiger partial charge on any atom is 0.244 e. The van der Waals surface area contributed by atoms with E-state index in [2.05, 4.69) is 4.98 Å². The van der Waals surface area contributed by atoms with Gasteiger partial charge >= 0.3 is 0 Å². The molecular formula is C13H17N3O2S. The summed E-state index contributed by atoms with van der Waals surface area (Å²) in [7, 11) is -3.49. The second-order valence-corrected chi connectivity index (χ2v) is 6.56. The highest BCUT2D eigenvalue weighted by molar-refractivity contribution is 7.89. The van der Waals surface area contributed by atoms with Gasteiger partial charge in [0.15, 0.2) is 0 Å². The number of pyridine rings is 1. The molecule has 1 saturated heterocycles. The maximum absolute atomic E-state index is 12.6. The lowest BCUT2D eigenvalue weighted by atomic mass is 10.0. The Morgan fingerprint density at radius 1 is 1.47 bits per heavy atom. The summed E-state index contributed by atoms with van der Waals surface area (Å²) in [6.45, 7) is 2.58. The predicted molar refractivity (Wildman–Crippen MR) is 70.8 cm³/mol. The first-order valence-corrected chi connectivity index (χ1v) is 7.91. The number of hydrogen-bond donors (Lipinski definition) is 0. The molecule has 19 heavy (non-hydrogen) atoms. The molecule has 0 bridgehead atoms. The van der Waals surface area contributed by atoms with Gasteiger partial charge in [0.2, 0.25) is 10.0 Å². The molecule has 5 nitrogen and oxygen atoms in total. The van der Waals surface area contributed by atoms with Crippen LogP contribution < -0.4 is 0 Å². The van der Waals surface area contributed by atoms with Crippen LogP contribution in [0.5, 0.6) is 0 Å². The van der Waals surface area contributed by atoms with Crippen LogP contribution in [0.4, 0.5) is 0 Å². The van der Waals surface area contributed by atoms with E-state index in [0.29, 0.717) is 6.54 Å². The van der Waals surface area contributed by atoms with Crippen molar-refractivity contribution < 1.29 is 8.42 Å². The van der Waals surface area contributed by atoms with Crippen LogP contribution in [0, 0.1) is 11.3 Å². The topological polar surface area (TPSA) is 74.1 Å². The van der Waals surface area contributed by atoms with E-state index in [4.69, 9.17) is 5.26 Å². The molecule has 2 heterocycles. The highest BCUT2D eigenvalue weighted by Crippen LogP contribution is 2.26. The zero-order chi connectivity index (χ0) is 13.9. The van der Waals surface area contributed by atoms with Crippen LogP contribution in [-0.2, 0) is 10.0 Å². The lowest BCUT2D eigenvalue weighted by Crippen LogP contribution is -2.43. The molecule has 1 fully saturated rings. The molecule has 1 aromatic heterocycles. The SMILES string of the molecule is CCC1CCCCN1S(=O)(=O)c1ccc(C#N)nc1. The van der Waals surface area contributed by atoms with Crippen LogP contribution >= 0.6 is 0 Å². The predicted octanol–water partition coefficient (Wildman–Crippen LogP) is 1.91. The Balaban J connectivity index is 2.32. The first-order chi connectivity index (χ1) is 9.09. The van der Waals surface area contributed by atoms with Gasteiger partial charge in [0.25, 0.3) is 0 Å². The molecule has 0 aromatic carbocycles. The van der Waals surface area contributed by atoms with E-state index in [1.54, 1.807) is 4.31 Å². The highest BCUT2D eigenvalue weighted by atomic mass is 32.2. The number of nitrogens with zero attached hydrogens (tertiary/aromatic N) is 3. The Hall–Kier alpha value is -1.45. The molecule has 0 spiro atoms. The van der Waals surface area contributed by atoms with Gasteiger partial charge in [-0.05, 0) is 31.4 Å². The minimum Gasteiger partial charge on any atom is -0.244 e. The fourth-order valence-corrected chi connectivity index (χ4v) is 4.15. The Morgan fingerprint density at radius 2 is 2.26 bits per heavy atom. The van der Waals surface area contributed by atoms with Gasteiger partial charge in [0, 0.05) is 18.8 Å². The summed E-state index contributed by atoms with van der Waals surface area (Å²) >= 11 is 0. The van der Waals surface area contributed by atoms with Gasteiger partial charge in [0.1, 0.15) is 16.7 Å². The quantitative estimate of drug-likeness (QED) is 0.847. The number of aromatic nitrogens is 1. The van der Waals surface area contributed by atoms with Crippen LogP contribution in [0.25, 0.3) is 0 Å². The minimum atomic E-state index is -3.49. The van der Waals surface area contributed by atoms with Gasteiger partial charge < -0.3 is 0 Å². The lowest BCUT2D eigenvalue weighted by molar-refractivity contribution is 0.246. The Morgan fingerprint density at radius 3 is 2.84 bits per heavy atom. The molecule has 102 valence electrons. The van der Waals surface area contributed by atoms with E-state index in [-0.39, 0.29) is 16.6 Å². The third-order valence-electron chi connectivity index (χ3n) is 3.50. The molecule has 2 rings (SSSR count). The number of rotatable bonds is 3. The molecule has 0 aliphatic carbocycles. The molecule has 0 saturated carbocycles. The van der Waals surface area contributed by atoms with Crippen molar-refractivity contribution in [2.75, 3.05) is 6.54 Å². The fraction of sp³-hybridized carbons (Fsp3) is 0.538. The Kier molecular flexibility index (Phi) is 4.17. The second-order valence-electron chi connectivity index (χ2n) is 4.66. The smallest absolute Gasteiger partial charge is 0.244 e. The van der Waals surface area contributed by atoms with E-state index in [1.165, 1.54) is 18.3 Å².